The highest BCUT2D eigenvalue weighted by molar-refractivity contribution is 5.17. The maximum atomic E-state index is 13.1. The molecule has 1 aromatic carbocycles. The molecular weight excluding hydrogens is 213 g/mol. The Morgan fingerprint density at radius 2 is 2.24 bits per heavy atom. The first-order valence-corrected chi connectivity index (χ1v) is 6.24. The molecule has 1 aromatic rings. The van der Waals surface area contributed by atoms with Gasteiger partial charge in [-0.1, -0.05) is 24.6 Å². The summed E-state index contributed by atoms with van der Waals surface area (Å²) in [7, 11) is 0. The Bertz CT molecular complexity index is 360. The molecule has 1 rings (SSSR count). The Morgan fingerprint density at radius 1 is 1.47 bits per heavy atom. The van der Waals surface area contributed by atoms with Crippen LogP contribution in [0.25, 0.3) is 0 Å². The fourth-order valence-electron chi connectivity index (χ4n) is 1.93. The van der Waals surface area contributed by atoms with Crippen molar-refractivity contribution < 1.29 is 4.39 Å². The second-order valence-electron chi connectivity index (χ2n) is 4.58. The molecular formula is C15H22FN. The van der Waals surface area contributed by atoms with Gasteiger partial charge in [0.05, 0.1) is 0 Å². The summed E-state index contributed by atoms with van der Waals surface area (Å²) in [4.78, 5) is 0. The fraction of sp³-hybridized carbons (Fsp3) is 0.467. The third-order valence-corrected chi connectivity index (χ3v) is 2.78. The third-order valence-electron chi connectivity index (χ3n) is 2.78. The van der Waals surface area contributed by atoms with E-state index in [1.165, 1.54) is 11.6 Å². The van der Waals surface area contributed by atoms with Crippen molar-refractivity contribution in [3.05, 3.63) is 47.8 Å². The van der Waals surface area contributed by atoms with E-state index < -0.39 is 0 Å². The average Bonchev–Trinajstić information content (AvgIpc) is 2.26. The predicted octanol–water partition coefficient (Wildman–Crippen LogP) is 3.70. The summed E-state index contributed by atoms with van der Waals surface area (Å²) in [6, 6.07) is 7.25. The molecule has 0 radical (unpaired) electrons. The number of likely N-dealkylation sites (N-methyl/N-ethyl adjacent to an activating group) is 1. The summed E-state index contributed by atoms with van der Waals surface area (Å²) < 4.78 is 13.1. The molecule has 0 aromatic heterocycles. The molecule has 0 aliphatic rings. The number of allylic oxidation sites excluding steroid dienone is 1. The summed E-state index contributed by atoms with van der Waals surface area (Å²) >= 11 is 0. The van der Waals surface area contributed by atoms with Gasteiger partial charge in [-0.05, 0) is 50.4 Å². The number of benzene rings is 1. The van der Waals surface area contributed by atoms with E-state index >= 15 is 0 Å². The first-order valence-electron chi connectivity index (χ1n) is 6.24. The highest BCUT2D eigenvalue weighted by Gasteiger charge is 2.08. The molecule has 1 unspecified atom stereocenters. The van der Waals surface area contributed by atoms with Crippen molar-refractivity contribution in [1.29, 1.82) is 0 Å². The third kappa shape index (κ3) is 5.64. The van der Waals surface area contributed by atoms with Gasteiger partial charge in [-0.25, -0.2) is 4.39 Å². The van der Waals surface area contributed by atoms with Crippen LogP contribution < -0.4 is 5.32 Å². The van der Waals surface area contributed by atoms with Gasteiger partial charge in [-0.2, -0.15) is 0 Å². The van der Waals surface area contributed by atoms with E-state index in [9.17, 15) is 4.39 Å². The smallest absolute Gasteiger partial charge is 0.123 e. The van der Waals surface area contributed by atoms with Crippen LogP contribution in [-0.2, 0) is 6.42 Å². The van der Waals surface area contributed by atoms with E-state index in [1.807, 2.05) is 13.0 Å². The SMILES string of the molecule is C=C(C)CCC(Cc1cccc(F)c1)NCC. The standard InChI is InChI=1S/C15H22FN/c1-4-17-15(9-8-12(2)3)11-13-6-5-7-14(16)10-13/h5-7,10,15,17H,2,4,8-9,11H2,1,3H3. The lowest BCUT2D eigenvalue weighted by Gasteiger charge is -2.18. The summed E-state index contributed by atoms with van der Waals surface area (Å²) in [6.45, 7) is 9.00. The van der Waals surface area contributed by atoms with Gasteiger partial charge in [0, 0.05) is 6.04 Å². The summed E-state index contributed by atoms with van der Waals surface area (Å²) in [5.41, 5.74) is 2.25. The van der Waals surface area contributed by atoms with Crippen molar-refractivity contribution in [1.82, 2.24) is 5.32 Å². The molecule has 0 saturated carbocycles. The molecule has 0 aliphatic carbocycles. The second-order valence-corrected chi connectivity index (χ2v) is 4.58. The van der Waals surface area contributed by atoms with Crippen LogP contribution in [0, 0.1) is 5.82 Å². The molecule has 0 fully saturated rings. The summed E-state index contributed by atoms with van der Waals surface area (Å²) in [5.74, 6) is -0.155. The Balaban J connectivity index is 2.56. The van der Waals surface area contributed by atoms with E-state index in [1.54, 1.807) is 12.1 Å². The van der Waals surface area contributed by atoms with Crippen molar-refractivity contribution in [3.8, 4) is 0 Å². The van der Waals surface area contributed by atoms with Gasteiger partial charge in [0.15, 0.2) is 0 Å². The molecule has 0 spiro atoms. The largest absolute Gasteiger partial charge is 0.314 e. The monoisotopic (exact) mass is 235 g/mol. The highest BCUT2D eigenvalue weighted by Crippen LogP contribution is 2.11. The van der Waals surface area contributed by atoms with Crippen molar-refractivity contribution >= 4 is 0 Å². The van der Waals surface area contributed by atoms with E-state index in [-0.39, 0.29) is 5.82 Å². The van der Waals surface area contributed by atoms with Crippen LogP contribution in [-0.4, -0.2) is 12.6 Å². The molecule has 0 aliphatic heterocycles. The molecule has 1 N–H and O–H groups in total. The minimum absolute atomic E-state index is 0.155. The van der Waals surface area contributed by atoms with Crippen LogP contribution in [0.5, 0.6) is 0 Å². The molecule has 17 heavy (non-hydrogen) atoms. The number of hydrogen-bond donors (Lipinski definition) is 1. The number of hydrogen-bond acceptors (Lipinski definition) is 1. The highest BCUT2D eigenvalue weighted by atomic mass is 19.1. The zero-order valence-electron chi connectivity index (χ0n) is 10.8. The second kappa shape index (κ2) is 7.23. The van der Waals surface area contributed by atoms with Gasteiger partial charge in [-0.15, -0.1) is 6.58 Å². The molecule has 0 amide bonds. The summed E-state index contributed by atoms with van der Waals surface area (Å²) in [5, 5.41) is 3.44. The molecule has 94 valence electrons. The Morgan fingerprint density at radius 3 is 2.82 bits per heavy atom. The van der Waals surface area contributed by atoms with Gasteiger partial charge in [0.25, 0.3) is 0 Å². The van der Waals surface area contributed by atoms with E-state index in [4.69, 9.17) is 0 Å². The van der Waals surface area contributed by atoms with Crippen LogP contribution in [0.3, 0.4) is 0 Å². The molecule has 0 heterocycles. The van der Waals surface area contributed by atoms with Gasteiger partial charge < -0.3 is 5.32 Å². The Kier molecular flexibility index (Phi) is 5.92. The topological polar surface area (TPSA) is 12.0 Å². The quantitative estimate of drug-likeness (QED) is 0.710. The number of nitrogens with one attached hydrogen (secondary N) is 1. The predicted molar refractivity (Wildman–Crippen MR) is 71.6 cm³/mol. The lowest BCUT2D eigenvalue weighted by atomic mass is 10.00. The molecule has 1 atom stereocenters. The average molecular weight is 235 g/mol. The van der Waals surface area contributed by atoms with Crippen LogP contribution in [0.15, 0.2) is 36.4 Å². The molecule has 1 nitrogen and oxygen atoms in total. The van der Waals surface area contributed by atoms with E-state index in [2.05, 4.69) is 18.8 Å². The molecule has 2 heteroatoms. The van der Waals surface area contributed by atoms with Crippen LogP contribution in [0.4, 0.5) is 4.39 Å². The zero-order chi connectivity index (χ0) is 12.7. The van der Waals surface area contributed by atoms with Crippen LogP contribution in [0.1, 0.15) is 32.3 Å². The van der Waals surface area contributed by atoms with Crippen molar-refractivity contribution in [2.24, 2.45) is 0 Å². The lowest BCUT2D eigenvalue weighted by Crippen LogP contribution is -2.31. The van der Waals surface area contributed by atoms with Gasteiger partial charge in [-0.3, -0.25) is 0 Å². The van der Waals surface area contributed by atoms with Gasteiger partial charge >= 0.3 is 0 Å². The number of rotatable bonds is 7. The molecule has 0 saturated heterocycles. The molecule has 0 bridgehead atoms. The van der Waals surface area contributed by atoms with Crippen LogP contribution >= 0.6 is 0 Å². The van der Waals surface area contributed by atoms with Crippen molar-refractivity contribution in [3.63, 3.8) is 0 Å². The first kappa shape index (κ1) is 13.9. The van der Waals surface area contributed by atoms with Crippen molar-refractivity contribution in [2.75, 3.05) is 6.54 Å². The lowest BCUT2D eigenvalue weighted by molar-refractivity contribution is 0.489. The number of halogens is 1. The van der Waals surface area contributed by atoms with Crippen LogP contribution in [0.2, 0.25) is 0 Å². The minimum Gasteiger partial charge on any atom is -0.314 e. The fourth-order valence-corrected chi connectivity index (χ4v) is 1.93. The maximum Gasteiger partial charge on any atom is 0.123 e. The zero-order valence-corrected chi connectivity index (χ0v) is 10.8. The minimum atomic E-state index is -0.155. The van der Waals surface area contributed by atoms with Crippen molar-refractivity contribution in [2.45, 2.75) is 39.2 Å². The summed E-state index contributed by atoms with van der Waals surface area (Å²) in [6.07, 6.45) is 2.95. The Hall–Kier alpha value is -1.15. The van der Waals surface area contributed by atoms with E-state index in [0.717, 1.165) is 31.4 Å². The first-order chi connectivity index (χ1) is 8.11. The normalized spacial score (nSPS) is 12.4. The Labute approximate surface area is 104 Å². The van der Waals surface area contributed by atoms with E-state index in [0.29, 0.717) is 6.04 Å². The maximum absolute atomic E-state index is 13.1. The van der Waals surface area contributed by atoms with Gasteiger partial charge in [0.2, 0.25) is 0 Å². The van der Waals surface area contributed by atoms with Gasteiger partial charge in [0.1, 0.15) is 5.82 Å².